The lowest BCUT2D eigenvalue weighted by Crippen LogP contribution is -2.03. The van der Waals surface area contributed by atoms with Gasteiger partial charge in [-0.1, -0.05) is 18.5 Å². The summed E-state index contributed by atoms with van der Waals surface area (Å²) in [4.78, 5) is 0.283. The Kier molecular flexibility index (Phi) is 3.99. The van der Waals surface area contributed by atoms with Crippen LogP contribution in [-0.2, 0) is 9.84 Å². The second kappa shape index (κ2) is 4.86. The summed E-state index contributed by atoms with van der Waals surface area (Å²) >= 11 is 5.92. The SMILES string of the molecule is CCCNc1cc(S(C)(=O)=O)ccc1Cl. The molecule has 84 valence electrons. The van der Waals surface area contributed by atoms with Gasteiger partial charge in [-0.05, 0) is 24.6 Å². The highest BCUT2D eigenvalue weighted by molar-refractivity contribution is 7.90. The van der Waals surface area contributed by atoms with Gasteiger partial charge in [0.1, 0.15) is 0 Å². The molecule has 0 atom stereocenters. The van der Waals surface area contributed by atoms with E-state index >= 15 is 0 Å². The van der Waals surface area contributed by atoms with Crippen LogP contribution in [0, 0.1) is 0 Å². The third kappa shape index (κ3) is 3.39. The Labute approximate surface area is 95.4 Å². The van der Waals surface area contributed by atoms with Crippen LogP contribution >= 0.6 is 11.6 Å². The van der Waals surface area contributed by atoms with Crippen LogP contribution in [0.5, 0.6) is 0 Å². The standard InChI is InChI=1S/C10H14ClNO2S/c1-3-6-12-10-7-8(15(2,13)14)4-5-9(10)11/h4-5,7,12H,3,6H2,1-2H3. The van der Waals surface area contributed by atoms with E-state index in [0.717, 1.165) is 13.0 Å². The topological polar surface area (TPSA) is 46.2 Å². The smallest absolute Gasteiger partial charge is 0.175 e. The molecule has 0 aliphatic carbocycles. The van der Waals surface area contributed by atoms with Crippen LogP contribution in [0.2, 0.25) is 5.02 Å². The van der Waals surface area contributed by atoms with Crippen molar-refractivity contribution < 1.29 is 8.42 Å². The van der Waals surface area contributed by atoms with Gasteiger partial charge < -0.3 is 5.32 Å². The molecule has 0 amide bonds. The molecule has 0 radical (unpaired) electrons. The molecule has 0 saturated heterocycles. The van der Waals surface area contributed by atoms with Gasteiger partial charge in [0.25, 0.3) is 0 Å². The summed E-state index contributed by atoms with van der Waals surface area (Å²) in [5.41, 5.74) is 0.668. The van der Waals surface area contributed by atoms with Crippen LogP contribution in [-0.4, -0.2) is 21.2 Å². The van der Waals surface area contributed by atoms with Crippen molar-refractivity contribution in [2.24, 2.45) is 0 Å². The zero-order chi connectivity index (χ0) is 11.5. The lowest BCUT2D eigenvalue weighted by Gasteiger charge is -2.08. The fraction of sp³-hybridized carbons (Fsp3) is 0.400. The number of hydrogen-bond acceptors (Lipinski definition) is 3. The van der Waals surface area contributed by atoms with E-state index in [-0.39, 0.29) is 4.90 Å². The summed E-state index contributed by atoms with van der Waals surface area (Å²) in [5, 5.41) is 3.62. The molecule has 0 saturated carbocycles. The quantitative estimate of drug-likeness (QED) is 0.890. The van der Waals surface area contributed by atoms with Gasteiger partial charge in [-0.2, -0.15) is 0 Å². The van der Waals surface area contributed by atoms with E-state index in [1.807, 2.05) is 6.92 Å². The Morgan fingerprint density at radius 1 is 1.40 bits per heavy atom. The van der Waals surface area contributed by atoms with Crippen molar-refractivity contribution in [2.75, 3.05) is 18.1 Å². The van der Waals surface area contributed by atoms with Gasteiger partial charge >= 0.3 is 0 Å². The van der Waals surface area contributed by atoms with Crippen molar-refractivity contribution >= 4 is 27.1 Å². The van der Waals surface area contributed by atoms with Crippen molar-refractivity contribution in [1.82, 2.24) is 0 Å². The molecule has 0 heterocycles. The molecule has 0 bridgehead atoms. The minimum absolute atomic E-state index is 0.283. The van der Waals surface area contributed by atoms with Crippen LogP contribution in [0.25, 0.3) is 0 Å². The molecule has 1 aromatic rings. The Morgan fingerprint density at radius 3 is 2.60 bits per heavy atom. The Bertz CT molecular complexity index is 443. The normalized spacial score (nSPS) is 11.4. The van der Waals surface area contributed by atoms with Crippen molar-refractivity contribution in [3.63, 3.8) is 0 Å². The van der Waals surface area contributed by atoms with E-state index < -0.39 is 9.84 Å². The van der Waals surface area contributed by atoms with Crippen molar-refractivity contribution in [1.29, 1.82) is 0 Å². The number of anilines is 1. The summed E-state index contributed by atoms with van der Waals surface area (Å²) in [5.74, 6) is 0. The summed E-state index contributed by atoms with van der Waals surface area (Å²) in [6, 6.07) is 4.66. The molecule has 0 aliphatic rings. The number of sulfone groups is 1. The molecule has 1 aromatic carbocycles. The third-order valence-electron chi connectivity index (χ3n) is 1.93. The van der Waals surface area contributed by atoms with Crippen molar-refractivity contribution in [3.8, 4) is 0 Å². The molecule has 0 aliphatic heterocycles. The maximum absolute atomic E-state index is 11.3. The highest BCUT2D eigenvalue weighted by Gasteiger charge is 2.09. The molecule has 1 N–H and O–H groups in total. The first-order chi connectivity index (χ1) is 6.95. The van der Waals surface area contributed by atoms with Crippen LogP contribution < -0.4 is 5.32 Å². The van der Waals surface area contributed by atoms with Gasteiger partial charge in [0.05, 0.1) is 15.6 Å². The number of benzene rings is 1. The third-order valence-corrected chi connectivity index (χ3v) is 3.37. The summed E-state index contributed by atoms with van der Waals surface area (Å²) in [6.45, 7) is 2.80. The van der Waals surface area contributed by atoms with Gasteiger partial charge in [-0.3, -0.25) is 0 Å². The first-order valence-corrected chi connectivity index (χ1v) is 6.95. The zero-order valence-electron chi connectivity index (χ0n) is 8.75. The van der Waals surface area contributed by atoms with E-state index in [0.29, 0.717) is 10.7 Å². The maximum atomic E-state index is 11.3. The lowest BCUT2D eigenvalue weighted by molar-refractivity contribution is 0.602. The molecule has 0 spiro atoms. The predicted molar refractivity (Wildman–Crippen MR) is 63.3 cm³/mol. The van der Waals surface area contributed by atoms with Crippen molar-refractivity contribution in [3.05, 3.63) is 23.2 Å². The molecular weight excluding hydrogens is 234 g/mol. The van der Waals surface area contributed by atoms with E-state index in [4.69, 9.17) is 11.6 Å². The summed E-state index contributed by atoms with van der Waals surface area (Å²) in [7, 11) is -3.17. The van der Waals surface area contributed by atoms with E-state index in [2.05, 4.69) is 5.32 Å². The van der Waals surface area contributed by atoms with E-state index in [1.165, 1.54) is 12.3 Å². The zero-order valence-corrected chi connectivity index (χ0v) is 10.3. The summed E-state index contributed by atoms with van der Waals surface area (Å²) in [6.07, 6.45) is 2.14. The Morgan fingerprint density at radius 2 is 2.07 bits per heavy atom. The van der Waals surface area contributed by atoms with Crippen LogP contribution in [0.3, 0.4) is 0 Å². The first-order valence-electron chi connectivity index (χ1n) is 4.68. The fourth-order valence-electron chi connectivity index (χ4n) is 1.13. The molecule has 5 heteroatoms. The van der Waals surface area contributed by atoms with Crippen LogP contribution in [0.4, 0.5) is 5.69 Å². The Hall–Kier alpha value is -0.740. The average molecular weight is 248 g/mol. The fourth-order valence-corrected chi connectivity index (χ4v) is 1.96. The molecule has 1 rings (SSSR count). The van der Waals surface area contributed by atoms with Crippen LogP contribution in [0.15, 0.2) is 23.1 Å². The summed E-state index contributed by atoms with van der Waals surface area (Å²) < 4.78 is 22.6. The monoisotopic (exact) mass is 247 g/mol. The molecular formula is C10H14ClNO2S. The van der Waals surface area contributed by atoms with Gasteiger partial charge in [0.15, 0.2) is 9.84 Å². The predicted octanol–water partition coefficient (Wildman–Crippen LogP) is 2.57. The van der Waals surface area contributed by atoms with Gasteiger partial charge in [0.2, 0.25) is 0 Å². The number of hydrogen-bond donors (Lipinski definition) is 1. The number of halogens is 1. The number of nitrogens with one attached hydrogen (secondary N) is 1. The average Bonchev–Trinajstić information content (AvgIpc) is 2.15. The van der Waals surface area contributed by atoms with Crippen LogP contribution in [0.1, 0.15) is 13.3 Å². The maximum Gasteiger partial charge on any atom is 0.175 e. The molecule has 15 heavy (non-hydrogen) atoms. The second-order valence-electron chi connectivity index (χ2n) is 3.34. The highest BCUT2D eigenvalue weighted by atomic mass is 35.5. The number of rotatable bonds is 4. The second-order valence-corrected chi connectivity index (χ2v) is 5.76. The Balaban J connectivity index is 3.06. The van der Waals surface area contributed by atoms with Crippen molar-refractivity contribution in [2.45, 2.75) is 18.2 Å². The molecule has 0 aromatic heterocycles. The van der Waals surface area contributed by atoms with Gasteiger partial charge in [-0.15, -0.1) is 0 Å². The van der Waals surface area contributed by atoms with E-state index in [1.54, 1.807) is 12.1 Å². The highest BCUT2D eigenvalue weighted by Crippen LogP contribution is 2.25. The largest absolute Gasteiger partial charge is 0.384 e. The van der Waals surface area contributed by atoms with E-state index in [9.17, 15) is 8.42 Å². The van der Waals surface area contributed by atoms with Gasteiger partial charge in [-0.25, -0.2) is 8.42 Å². The lowest BCUT2D eigenvalue weighted by atomic mass is 10.3. The molecule has 3 nitrogen and oxygen atoms in total. The molecule has 0 unspecified atom stereocenters. The minimum atomic E-state index is -3.17. The first kappa shape index (κ1) is 12.3. The van der Waals surface area contributed by atoms with Gasteiger partial charge in [0, 0.05) is 12.8 Å². The minimum Gasteiger partial charge on any atom is -0.384 e. The molecule has 0 fully saturated rings.